The van der Waals surface area contributed by atoms with Crippen molar-refractivity contribution in [3.63, 3.8) is 0 Å². The van der Waals surface area contributed by atoms with E-state index >= 15 is 0 Å². The van der Waals surface area contributed by atoms with Crippen molar-refractivity contribution in [2.75, 3.05) is 0 Å². The average Bonchev–Trinajstić information content (AvgIpc) is 3.65. The molecular weight excluding hydrogens is 740 g/mol. The van der Waals surface area contributed by atoms with E-state index in [0.717, 1.165) is 56.7 Å². The number of phenols is 2. The normalized spacial score (nSPS) is 14.8. The topological polar surface area (TPSA) is 76.1 Å². The Labute approximate surface area is 278 Å². The number of phenolic OH excluding ortho intramolecular Hbond substituents is 2. The molecule has 230 valence electrons. The monoisotopic (exact) mass is 775 g/mol. The molecule has 0 fully saturated rings. The van der Waals surface area contributed by atoms with Crippen LogP contribution in [0.25, 0.3) is 11.4 Å². The molecule has 2 aromatic heterocycles. The molecule has 0 amide bonds. The van der Waals surface area contributed by atoms with E-state index in [4.69, 9.17) is 9.97 Å². The van der Waals surface area contributed by atoms with Gasteiger partial charge in [-0.2, -0.15) is 0 Å². The Kier molecular flexibility index (Phi) is 7.82. The van der Waals surface area contributed by atoms with Crippen molar-refractivity contribution < 1.29 is 31.3 Å². The molecule has 0 saturated heterocycles. The Morgan fingerprint density at radius 1 is 0.533 bits per heavy atom. The molecule has 0 atom stereocenters. The summed E-state index contributed by atoms with van der Waals surface area (Å²) in [5.74, 6) is 2.13. The second-order valence-electron chi connectivity index (χ2n) is 12.7. The molecule has 2 N–H and O–H groups in total. The van der Waals surface area contributed by atoms with Gasteiger partial charge in [0.05, 0.1) is 11.4 Å². The van der Waals surface area contributed by atoms with Gasteiger partial charge in [0.15, 0.2) is 0 Å². The van der Waals surface area contributed by atoms with Crippen LogP contribution in [0.5, 0.6) is 11.5 Å². The number of para-hydroxylation sites is 4. The summed E-state index contributed by atoms with van der Waals surface area (Å²) < 4.78 is 4.20. The average molecular weight is 776 g/mol. The van der Waals surface area contributed by atoms with Crippen molar-refractivity contribution >= 4 is 0 Å². The van der Waals surface area contributed by atoms with Gasteiger partial charge >= 0.3 is 0 Å². The third-order valence-corrected chi connectivity index (χ3v) is 9.19. The number of aromatic hydroxyl groups is 2. The summed E-state index contributed by atoms with van der Waals surface area (Å²) in [6, 6.07) is 32.2. The van der Waals surface area contributed by atoms with Crippen LogP contribution < -0.4 is 0 Å². The zero-order valence-electron chi connectivity index (χ0n) is 25.8. The number of benzene rings is 4. The number of aromatic nitrogens is 4. The van der Waals surface area contributed by atoms with Crippen LogP contribution in [-0.4, -0.2) is 29.3 Å². The van der Waals surface area contributed by atoms with Crippen molar-refractivity contribution in [1.29, 1.82) is 0 Å². The Bertz CT molecular complexity index is 1850. The summed E-state index contributed by atoms with van der Waals surface area (Å²) in [6.07, 6.45) is 4.98. The number of hydrogen-bond donors (Lipinski definition) is 2. The van der Waals surface area contributed by atoms with Gasteiger partial charge in [-0.05, 0) is 52.0 Å². The van der Waals surface area contributed by atoms with E-state index in [1.807, 2.05) is 72.8 Å². The SMILES string of the molecule is CC1(C)c2cn(-c3ccccc3)c(n2)Cc2cccc(c2O)C(C)(C)c2cn(-c3ccccc3)c(n2)Cc2cccc1c2O.[Pt]. The van der Waals surface area contributed by atoms with Gasteiger partial charge in [-0.25, -0.2) is 9.97 Å². The summed E-state index contributed by atoms with van der Waals surface area (Å²) in [5, 5.41) is 23.6. The number of hydrogen-bond acceptors (Lipinski definition) is 4. The van der Waals surface area contributed by atoms with E-state index in [2.05, 4.69) is 73.5 Å². The maximum absolute atomic E-state index is 11.8. The Morgan fingerprint density at radius 2 is 0.911 bits per heavy atom. The predicted molar refractivity (Wildman–Crippen MR) is 173 cm³/mol. The summed E-state index contributed by atoms with van der Waals surface area (Å²) >= 11 is 0. The molecule has 7 heteroatoms. The van der Waals surface area contributed by atoms with Gasteiger partial charge in [0.1, 0.15) is 23.1 Å². The second kappa shape index (κ2) is 11.5. The van der Waals surface area contributed by atoms with Crippen molar-refractivity contribution in [1.82, 2.24) is 19.1 Å². The third kappa shape index (κ3) is 5.21. The van der Waals surface area contributed by atoms with E-state index in [-0.39, 0.29) is 32.6 Å². The third-order valence-electron chi connectivity index (χ3n) is 9.19. The Balaban J connectivity index is 0.00000357. The molecule has 1 aliphatic heterocycles. The molecule has 6 aromatic rings. The molecule has 0 spiro atoms. The van der Waals surface area contributed by atoms with E-state index in [1.54, 1.807) is 0 Å². The largest absolute Gasteiger partial charge is 0.507 e. The smallest absolute Gasteiger partial charge is 0.123 e. The Hall–Kier alpha value is -4.41. The van der Waals surface area contributed by atoms with Gasteiger partial charge in [-0.15, -0.1) is 0 Å². The molecule has 1 aliphatic rings. The first-order valence-electron chi connectivity index (χ1n) is 15.1. The van der Waals surface area contributed by atoms with Crippen molar-refractivity contribution in [2.45, 2.75) is 51.4 Å². The number of nitrogens with zero attached hydrogens (tertiary/aromatic N) is 4. The van der Waals surface area contributed by atoms with E-state index < -0.39 is 10.8 Å². The van der Waals surface area contributed by atoms with Crippen molar-refractivity contribution in [3.8, 4) is 22.9 Å². The minimum Gasteiger partial charge on any atom is -0.507 e. The van der Waals surface area contributed by atoms with E-state index in [1.165, 1.54) is 0 Å². The van der Waals surface area contributed by atoms with Gasteiger partial charge in [0, 0.05) is 90.8 Å². The molecule has 0 radical (unpaired) electrons. The van der Waals surface area contributed by atoms with Crippen LogP contribution in [-0.2, 0) is 44.7 Å². The first-order chi connectivity index (χ1) is 21.1. The van der Waals surface area contributed by atoms with Gasteiger partial charge in [-0.1, -0.05) is 72.8 Å². The fourth-order valence-electron chi connectivity index (χ4n) is 6.41. The number of rotatable bonds is 2. The van der Waals surface area contributed by atoms with Gasteiger partial charge in [0.2, 0.25) is 0 Å². The zero-order valence-corrected chi connectivity index (χ0v) is 28.1. The van der Waals surface area contributed by atoms with Gasteiger partial charge in [-0.3, -0.25) is 0 Å². The first kappa shape index (κ1) is 30.6. The minimum absolute atomic E-state index is 0. The fraction of sp³-hybridized carbons (Fsp3) is 0.211. The molecule has 0 saturated carbocycles. The maximum Gasteiger partial charge on any atom is 0.123 e. The van der Waals surface area contributed by atoms with Gasteiger partial charge in [0.25, 0.3) is 0 Å². The zero-order chi connectivity index (χ0) is 30.6. The molecular formula is C38H36N4O2Pt. The van der Waals surface area contributed by atoms with Crippen LogP contribution in [0.3, 0.4) is 0 Å². The molecule has 6 nitrogen and oxygen atoms in total. The molecule has 8 bridgehead atoms. The van der Waals surface area contributed by atoms with Crippen LogP contribution >= 0.6 is 0 Å². The summed E-state index contributed by atoms with van der Waals surface area (Å²) in [5.41, 5.74) is 5.61. The van der Waals surface area contributed by atoms with Crippen LogP contribution in [0.15, 0.2) is 109 Å². The summed E-state index contributed by atoms with van der Waals surface area (Å²) in [4.78, 5) is 10.4. The quantitative estimate of drug-likeness (QED) is 0.190. The molecule has 45 heavy (non-hydrogen) atoms. The molecule has 0 aliphatic carbocycles. The molecule has 0 unspecified atom stereocenters. The van der Waals surface area contributed by atoms with Crippen LogP contribution in [0.4, 0.5) is 0 Å². The van der Waals surface area contributed by atoms with Crippen LogP contribution in [0.2, 0.25) is 0 Å². The molecule has 3 heterocycles. The van der Waals surface area contributed by atoms with Crippen LogP contribution in [0.1, 0.15) is 73.0 Å². The van der Waals surface area contributed by atoms with E-state index in [0.29, 0.717) is 12.8 Å². The second-order valence-corrected chi connectivity index (χ2v) is 12.7. The minimum atomic E-state index is -0.613. The summed E-state index contributed by atoms with van der Waals surface area (Å²) in [7, 11) is 0. The number of imidazole rings is 2. The summed E-state index contributed by atoms with van der Waals surface area (Å²) in [6.45, 7) is 8.39. The van der Waals surface area contributed by atoms with Crippen molar-refractivity contribution in [3.05, 3.63) is 155 Å². The predicted octanol–water partition coefficient (Wildman–Crippen LogP) is 7.61. The Morgan fingerprint density at radius 3 is 1.29 bits per heavy atom. The first-order valence-corrected chi connectivity index (χ1v) is 15.1. The van der Waals surface area contributed by atoms with Crippen LogP contribution in [0, 0.1) is 0 Å². The fourth-order valence-corrected chi connectivity index (χ4v) is 6.41. The van der Waals surface area contributed by atoms with Gasteiger partial charge < -0.3 is 19.3 Å². The molecule has 7 rings (SSSR count). The standard InChI is InChI=1S/C38H36N4O2.Pt/c1-37(2)29-19-11-13-25(35(29)43)21-34-40-32(24-42(34)28-17-9-6-10-18-28)38(3,4)30-20-12-14-26(36(30)44)22-33-39-31(37)23-41(33)27-15-7-5-8-16-27;/h5-20,23-24,43-44H,21-22H2,1-4H3;. The van der Waals surface area contributed by atoms with E-state index in [9.17, 15) is 10.2 Å². The maximum atomic E-state index is 11.8. The molecule has 4 aromatic carbocycles. The van der Waals surface area contributed by atoms with Crippen molar-refractivity contribution in [2.24, 2.45) is 0 Å². The number of fused-ring (bicyclic) bond motifs is 8.